The molecule has 0 aliphatic rings. The number of hydrogen-bond acceptors (Lipinski definition) is 1. The molecule has 3 rings (SSSR count). The number of aryl methyl sites for hydroxylation is 1. The van der Waals surface area contributed by atoms with Gasteiger partial charge in [-0.25, -0.2) is 4.98 Å². The van der Waals surface area contributed by atoms with E-state index in [1.807, 2.05) is 25.3 Å². The fourth-order valence-electron chi connectivity index (χ4n) is 1.75. The second kappa shape index (κ2) is 2.98. The number of H-pyrrole nitrogens is 2. The molecular formula is C12H11N3. The summed E-state index contributed by atoms with van der Waals surface area (Å²) in [7, 11) is 0. The highest BCUT2D eigenvalue weighted by atomic mass is 14.9. The van der Waals surface area contributed by atoms with Crippen LogP contribution in [0, 0.1) is 6.92 Å². The lowest BCUT2D eigenvalue weighted by Crippen LogP contribution is -1.79. The number of benzene rings is 1. The van der Waals surface area contributed by atoms with Crippen molar-refractivity contribution in [2.24, 2.45) is 0 Å². The van der Waals surface area contributed by atoms with Crippen molar-refractivity contribution in [3.05, 3.63) is 42.2 Å². The SMILES string of the molecule is Cc1cnc(-c2cc3ccccc3[nH]2)[nH]1. The summed E-state index contributed by atoms with van der Waals surface area (Å²) >= 11 is 0. The van der Waals surface area contributed by atoms with Crippen molar-refractivity contribution in [3.8, 4) is 11.5 Å². The molecule has 2 heterocycles. The Morgan fingerprint density at radius 1 is 1.13 bits per heavy atom. The Morgan fingerprint density at radius 2 is 2.00 bits per heavy atom. The normalized spacial score (nSPS) is 11.0. The highest BCUT2D eigenvalue weighted by molar-refractivity contribution is 5.84. The molecule has 3 nitrogen and oxygen atoms in total. The molecule has 0 radical (unpaired) electrons. The van der Waals surface area contributed by atoms with Crippen LogP contribution in [0.1, 0.15) is 5.69 Å². The molecule has 2 N–H and O–H groups in total. The van der Waals surface area contributed by atoms with Crippen LogP contribution in [0.15, 0.2) is 36.5 Å². The third-order valence-corrected chi connectivity index (χ3v) is 2.49. The van der Waals surface area contributed by atoms with E-state index >= 15 is 0 Å². The minimum Gasteiger partial charge on any atom is -0.352 e. The highest BCUT2D eigenvalue weighted by Crippen LogP contribution is 2.21. The average Bonchev–Trinajstić information content (AvgIpc) is 2.82. The predicted octanol–water partition coefficient (Wildman–Crippen LogP) is 2.87. The Bertz CT molecular complexity index is 571. The summed E-state index contributed by atoms with van der Waals surface area (Å²) in [5, 5.41) is 1.21. The fraction of sp³-hybridized carbons (Fsp3) is 0.0833. The third kappa shape index (κ3) is 1.32. The fourth-order valence-corrected chi connectivity index (χ4v) is 1.75. The van der Waals surface area contributed by atoms with Gasteiger partial charge in [-0.15, -0.1) is 0 Å². The van der Waals surface area contributed by atoms with Gasteiger partial charge in [0.2, 0.25) is 0 Å². The van der Waals surface area contributed by atoms with Crippen molar-refractivity contribution < 1.29 is 0 Å². The van der Waals surface area contributed by atoms with Gasteiger partial charge in [0.05, 0.1) is 5.69 Å². The molecule has 3 aromatic rings. The molecule has 0 bridgehead atoms. The van der Waals surface area contributed by atoms with E-state index in [0.717, 1.165) is 22.7 Å². The van der Waals surface area contributed by atoms with E-state index in [0.29, 0.717) is 0 Å². The summed E-state index contributed by atoms with van der Waals surface area (Å²) in [5.74, 6) is 0.892. The van der Waals surface area contributed by atoms with E-state index in [1.165, 1.54) is 5.39 Å². The molecule has 0 saturated carbocycles. The summed E-state index contributed by atoms with van der Waals surface area (Å²) in [4.78, 5) is 10.8. The largest absolute Gasteiger partial charge is 0.352 e. The molecule has 0 aliphatic heterocycles. The first-order valence-electron chi connectivity index (χ1n) is 4.93. The predicted molar refractivity (Wildman–Crippen MR) is 60.6 cm³/mol. The lowest BCUT2D eigenvalue weighted by Gasteiger charge is -1.89. The van der Waals surface area contributed by atoms with Crippen LogP contribution in [-0.4, -0.2) is 15.0 Å². The molecule has 0 amide bonds. The molecule has 0 fully saturated rings. The molecule has 74 valence electrons. The van der Waals surface area contributed by atoms with Crippen LogP contribution in [0.25, 0.3) is 22.4 Å². The van der Waals surface area contributed by atoms with Crippen LogP contribution < -0.4 is 0 Å². The Morgan fingerprint density at radius 3 is 2.73 bits per heavy atom. The summed E-state index contributed by atoms with van der Waals surface area (Å²) in [5.41, 5.74) is 3.24. The third-order valence-electron chi connectivity index (χ3n) is 2.49. The van der Waals surface area contributed by atoms with Gasteiger partial charge in [0.1, 0.15) is 0 Å². The Hall–Kier alpha value is -2.03. The molecule has 0 atom stereocenters. The number of fused-ring (bicyclic) bond motifs is 1. The lowest BCUT2D eigenvalue weighted by atomic mass is 10.2. The van der Waals surface area contributed by atoms with Gasteiger partial charge in [-0.05, 0) is 19.1 Å². The molecule has 0 unspecified atom stereocenters. The molecule has 1 aromatic carbocycles. The first kappa shape index (κ1) is 8.29. The number of nitrogens with one attached hydrogen (secondary N) is 2. The van der Waals surface area contributed by atoms with Gasteiger partial charge in [-0.2, -0.15) is 0 Å². The first-order valence-corrected chi connectivity index (χ1v) is 4.93. The van der Waals surface area contributed by atoms with Crippen molar-refractivity contribution in [3.63, 3.8) is 0 Å². The number of aromatic amines is 2. The van der Waals surface area contributed by atoms with Gasteiger partial charge in [-0.3, -0.25) is 0 Å². The van der Waals surface area contributed by atoms with Crippen LogP contribution in [-0.2, 0) is 0 Å². The van der Waals surface area contributed by atoms with E-state index in [9.17, 15) is 0 Å². The van der Waals surface area contributed by atoms with Crippen molar-refractivity contribution >= 4 is 10.9 Å². The van der Waals surface area contributed by atoms with Crippen molar-refractivity contribution in [1.29, 1.82) is 0 Å². The smallest absolute Gasteiger partial charge is 0.154 e. The van der Waals surface area contributed by atoms with Gasteiger partial charge in [0.25, 0.3) is 0 Å². The number of rotatable bonds is 1. The monoisotopic (exact) mass is 197 g/mol. The summed E-state index contributed by atoms with van der Waals surface area (Å²) in [6, 6.07) is 10.3. The quantitative estimate of drug-likeness (QED) is 0.619. The second-order valence-electron chi connectivity index (χ2n) is 3.69. The van der Waals surface area contributed by atoms with Crippen molar-refractivity contribution in [1.82, 2.24) is 15.0 Å². The van der Waals surface area contributed by atoms with Gasteiger partial charge >= 0.3 is 0 Å². The van der Waals surface area contributed by atoms with E-state index in [2.05, 4.69) is 33.2 Å². The molecule has 2 aromatic heterocycles. The Balaban J connectivity index is 2.19. The Labute approximate surface area is 87.2 Å². The van der Waals surface area contributed by atoms with Crippen molar-refractivity contribution in [2.75, 3.05) is 0 Å². The number of nitrogens with zero attached hydrogens (tertiary/aromatic N) is 1. The second-order valence-corrected chi connectivity index (χ2v) is 3.69. The van der Waals surface area contributed by atoms with Gasteiger partial charge in [-0.1, -0.05) is 18.2 Å². The maximum absolute atomic E-state index is 4.29. The number of imidazole rings is 1. The van der Waals surface area contributed by atoms with Crippen LogP contribution >= 0.6 is 0 Å². The average molecular weight is 197 g/mol. The first-order chi connectivity index (χ1) is 7.33. The minimum atomic E-state index is 0.892. The van der Waals surface area contributed by atoms with Crippen LogP contribution in [0.4, 0.5) is 0 Å². The molecule has 0 saturated heterocycles. The molecule has 3 heteroatoms. The van der Waals surface area contributed by atoms with E-state index in [1.54, 1.807) is 0 Å². The summed E-state index contributed by atoms with van der Waals surface area (Å²) < 4.78 is 0. The zero-order chi connectivity index (χ0) is 10.3. The zero-order valence-corrected chi connectivity index (χ0v) is 8.41. The number of aromatic nitrogens is 3. The van der Waals surface area contributed by atoms with Gasteiger partial charge in [0.15, 0.2) is 5.82 Å². The standard InChI is InChI=1S/C12H11N3/c1-8-7-13-12(14-8)11-6-9-4-2-3-5-10(9)15-11/h2-7,15H,1H3,(H,13,14). The van der Waals surface area contributed by atoms with Gasteiger partial charge < -0.3 is 9.97 Å². The number of para-hydroxylation sites is 1. The Kier molecular flexibility index (Phi) is 1.65. The van der Waals surface area contributed by atoms with Crippen LogP contribution in [0.3, 0.4) is 0 Å². The van der Waals surface area contributed by atoms with E-state index < -0.39 is 0 Å². The topological polar surface area (TPSA) is 44.5 Å². The summed E-state index contributed by atoms with van der Waals surface area (Å²) in [6.45, 7) is 2.00. The molecule has 15 heavy (non-hydrogen) atoms. The van der Waals surface area contributed by atoms with E-state index in [-0.39, 0.29) is 0 Å². The maximum Gasteiger partial charge on any atom is 0.154 e. The maximum atomic E-state index is 4.29. The number of hydrogen-bond donors (Lipinski definition) is 2. The van der Waals surface area contributed by atoms with Crippen molar-refractivity contribution in [2.45, 2.75) is 6.92 Å². The lowest BCUT2D eigenvalue weighted by molar-refractivity contribution is 1.23. The van der Waals surface area contributed by atoms with Gasteiger partial charge in [0, 0.05) is 22.8 Å². The zero-order valence-electron chi connectivity index (χ0n) is 8.41. The van der Waals surface area contributed by atoms with Crippen LogP contribution in [0.5, 0.6) is 0 Å². The minimum absolute atomic E-state index is 0.892. The van der Waals surface area contributed by atoms with Crippen LogP contribution in [0.2, 0.25) is 0 Å². The van der Waals surface area contributed by atoms with E-state index in [4.69, 9.17) is 0 Å². The molecule has 0 aliphatic carbocycles. The molecule has 0 spiro atoms. The highest BCUT2D eigenvalue weighted by Gasteiger charge is 2.04. The summed E-state index contributed by atoms with van der Waals surface area (Å²) in [6.07, 6.45) is 1.83. The molecular weight excluding hydrogens is 186 g/mol.